The van der Waals surface area contributed by atoms with Crippen molar-refractivity contribution in [2.45, 2.75) is 6.42 Å². The van der Waals surface area contributed by atoms with E-state index in [0.29, 0.717) is 29.2 Å². The predicted molar refractivity (Wildman–Crippen MR) is 118 cm³/mol. The highest BCUT2D eigenvalue weighted by Gasteiger charge is 2.11. The van der Waals surface area contributed by atoms with Crippen LogP contribution in [-0.2, 0) is 11.2 Å². The summed E-state index contributed by atoms with van der Waals surface area (Å²) >= 11 is 0. The molecule has 0 saturated carbocycles. The second-order valence-electron chi connectivity index (χ2n) is 6.87. The maximum absolute atomic E-state index is 12.0. The Morgan fingerprint density at radius 1 is 1.13 bits per heavy atom. The summed E-state index contributed by atoms with van der Waals surface area (Å²) in [6.07, 6.45) is 2.16. The molecule has 156 valence electrons. The van der Waals surface area contributed by atoms with Crippen molar-refractivity contribution in [1.82, 2.24) is 15.3 Å². The number of amides is 1. The van der Waals surface area contributed by atoms with Gasteiger partial charge in [-0.25, -0.2) is 9.97 Å². The molecule has 0 spiro atoms. The Labute approximate surface area is 186 Å². The zero-order chi connectivity index (χ0) is 25.1. The number of anilines is 1. The molecular formula is C24H23N5O2. The molecule has 0 atom stereocenters. The molecule has 1 aliphatic heterocycles. The largest absolute Gasteiger partial charge is 0.378 e. The van der Waals surface area contributed by atoms with Gasteiger partial charge in [-0.05, 0) is 35.9 Å². The van der Waals surface area contributed by atoms with Crippen LogP contribution in [0.1, 0.15) is 27.2 Å². The van der Waals surface area contributed by atoms with Gasteiger partial charge in [0, 0.05) is 42.5 Å². The Bertz CT molecular complexity index is 1230. The SMILES string of the molecule is [2H]C1([2H])CN(c2ccc(Cc3nccc(-c4ccc(C(=O)NCC#N)cc4)n3)cc2)CC([2H])([2H])O1. The van der Waals surface area contributed by atoms with Gasteiger partial charge in [0.05, 0.1) is 30.4 Å². The molecule has 2 aromatic carbocycles. The van der Waals surface area contributed by atoms with Crippen LogP contribution >= 0.6 is 0 Å². The van der Waals surface area contributed by atoms with Crippen molar-refractivity contribution in [3.8, 4) is 17.3 Å². The van der Waals surface area contributed by atoms with Crippen LogP contribution in [0.3, 0.4) is 0 Å². The molecule has 0 aliphatic carbocycles. The smallest absolute Gasteiger partial charge is 0.252 e. The summed E-state index contributed by atoms with van der Waals surface area (Å²) < 4.78 is 36.1. The number of nitrogens with one attached hydrogen (secondary N) is 1. The molecule has 0 radical (unpaired) electrons. The number of carbonyl (C=O) groups is 1. The van der Waals surface area contributed by atoms with Crippen molar-refractivity contribution in [3.63, 3.8) is 0 Å². The first kappa shape index (κ1) is 16.0. The summed E-state index contributed by atoms with van der Waals surface area (Å²) in [6, 6.07) is 18.0. The van der Waals surface area contributed by atoms with Gasteiger partial charge in [0.2, 0.25) is 0 Å². The fourth-order valence-corrected chi connectivity index (χ4v) is 3.18. The molecule has 1 aliphatic rings. The first-order chi connectivity index (χ1) is 16.6. The average Bonchev–Trinajstić information content (AvgIpc) is 2.81. The predicted octanol–water partition coefficient (Wildman–Crippen LogP) is 2.82. The third kappa shape index (κ3) is 5.24. The van der Waals surface area contributed by atoms with E-state index in [9.17, 15) is 4.79 Å². The quantitative estimate of drug-likeness (QED) is 0.620. The van der Waals surface area contributed by atoms with E-state index >= 15 is 0 Å². The molecule has 1 N–H and O–H groups in total. The van der Waals surface area contributed by atoms with Crippen molar-refractivity contribution in [3.05, 3.63) is 77.7 Å². The maximum Gasteiger partial charge on any atom is 0.252 e. The molecule has 3 aromatic rings. The van der Waals surface area contributed by atoms with Crippen LogP contribution in [0.25, 0.3) is 11.3 Å². The molecule has 7 nitrogen and oxygen atoms in total. The Morgan fingerprint density at radius 2 is 1.87 bits per heavy atom. The van der Waals surface area contributed by atoms with Gasteiger partial charge in [-0.3, -0.25) is 4.79 Å². The molecule has 1 fully saturated rings. The highest BCUT2D eigenvalue weighted by atomic mass is 16.5. The molecule has 0 bridgehead atoms. The topological polar surface area (TPSA) is 91.1 Å². The zero-order valence-corrected chi connectivity index (χ0v) is 16.7. The lowest BCUT2D eigenvalue weighted by Crippen LogP contribution is -2.36. The van der Waals surface area contributed by atoms with Gasteiger partial charge in [-0.2, -0.15) is 5.26 Å². The molecule has 0 unspecified atom stereocenters. The second-order valence-corrected chi connectivity index (χ2v) is 6.87. The van der Waals surface area contributed by atoms with Crippen LogP contribution in [0, 0.1) is 11.3 Å². The maximum atomic E-state index is 12.0. The van der Waals surface area contributed by atoms with Gasteiger partial charge in [0.1, 0.15) is 12.4 Å². The summed E-state index contributed by atoms with van der Waals surface area (Å²) in [5.41, 5.74) is 3.66. The number of carbonyl (C=O) groups excluding carboxylic acids is 1. The Balaban J connectivity index is 1.44. The summed E-state index contributed by atoms with van der Waals surface area (Å²) in [6.45, 7) is -4.32. The monoisotopic (exact) mass is 417 g/mol. The van der Waals surface area contributed by atoms with Crippen molar-refractivity contribution in [1.29, 1.82) is 5.26 Å². The van der Waals surface area contributed by atoms with Gasteiger partial charge in [-0.15, -0.1) is 0 Å². The van der Waals surface area contributed by atoms with E-state index in [4.69, 9.17) is 15.5 Å². The standard InChI is InChI=1S/C24H23N5O2/c25-10-12-27-24(30)20-5-3-19(4-6-20)22-9-11-26-23(28-22)17-18-1-7-21(8-2-18)29-13-15-31-16-14-29/h1-9,11H,12-17H2,(H,27,30)/i15D2,16D2. The van der Waals surface area contributed by atoms with Crippen LogP contribution in [0.5, 0.6) is 0 Å². The second kappa shape index (κ2) is 9.83. The lowest BCUT2D eigenvalue weighted by Gasteiger charge is -2.28. The molecule has 1 amide bonds. The summed E-state index contributed by atoms with van der Waals surface area (Å²) in [7, 11) is 0. The molecule has 1 saturated heterocycles. The van der Waals surface area contributed by atoms with Crippen molar-refractivity contribution >= 4 is 11.6 Å². The first-order valence-electron chi connectivity index (χ1n) is 11.8. The highest BCUT2D eigenvalue weighted by molar-refractivity contribution is 5.94. The molecular weight excluding hydrogens is 390 g/mol. The number of nitriles is 1. The summed E-state index contributed by atoms with van der Waals surface area (Å²) in [5, 5.41) is 11.1. The minimum absolute atomic E-state index is 0.0479. The fraction of sp³-hybridized carbons (Fsp3) is 0.250. The minimum Gasteiger partial charge on any atom is -0.378 e. The molecule has 4 rings (SSSR count). The van der Waals surface area contributed by atoms with Crippen LogP contribution in [-0.4, -0.2) is 48.6 Å². The zero-order valence-electron chi connectivity index (χ0n) is 20.7. The van der Waals surface area contributed by atoms with E-state index in [1.807, 2.05) is 30.3 Å². The van der Waals surface area contributed by atoms with Crippen molar-refractivity contribution in [2.75, 3.05) is 37.7 Å². The number of hydrogen-bond acceptors (Lipinski definition) is 6. The third-order valence-corrected chi connectivity index (χ3v) is 4.80. The number of rotatable bonds is 6. The Kier molecular flexibility index (Phi) is 5.07. The van der Waals surface area contributed by atoms with Gasteiger partial charge < -0.3 is 15.0 Å². The van der Waals surface area contributed by atoms with Crippen molar-refractivity contribution < 1.29 is 15.0 Å². The third-order valence-electron chi connectivity index (χ3n) is 4.80. The molecule has 2 heterocycles. The fourth-order valence-electron chi connectivity index (χ4n) is 3.18. The molecule has 1 aromatic heterocycles. The number of nitrogens with zero attached hydrogens (tertiary/aromatic N) is 4. The van der Waals surface area contributed by atoms with E-state index < -0.39 is 13.1 Å². The van der Waals surface area contributed by atoms with Gasteiger partial charge in [0.15, 0.2) is 0 Å². The number of ether oxygens (including phenoxy) is 1. The number of morpholine rings is 1. The summed E-state index contributed by atoms with van der Waals surface area (Å²) in [4.78, 5) is 22.6. The summed E-state index contributed by atoms with van der Waals surface area (Å²) in [5.74, 6) is 0.305. The van der Waals surface area contributed by atoms with Gasteiger partial charge in [-0.1, -0.05) is 24.3 Å². The number of hydrogen-bond donors (Lipinski definition) is 1. The average molecular weight is 418 g/mol. The normalized spacial score (nSPS) is 18.6. The first-order valence-corrected chi connectivity index (χ1v) is 9.76. The van der Waals surface area contributed by atoms with Crippen LogP contribution in [0.4, 0.5) is 5.69 Å². The van der Waals surface area contributed by atoms with Crippen LogP contribution < -0.4 is 10.2 Å². The van der Waals surface area contributed by atoms with E-state index in [1.165, 1.54) is 0 Å². The van der Waals surface area contributed by atoms with Crippen LogP contribution in [0.2, 0.25) is 0 Å². The lowest BCUT2D eigenvalue weighted by molar-refractivity contribution is 0.0958. The number of benzene rings is 2. The molecule has 7 heteroatoms. The van der Waals surface area contributed by atoms with E-state index in [-0.39, 0.29) is 25.5 Å². The Morgan fingerprint density at radius 3 is 2.58 bits per heavy atom. The Hall–Kier alpha value is -3.76. The van der Waals surface area contributed by atoms with E-state index in [2.05, 4.69) is 15.3 Å². The minimum atomic E-state index is -2.08. The van der Waals surface area contributed by atoms with E-state index in [0.717, 1.165) is 11.1 Å². The lowest BCUT2D eigenvalue weighted by atomic mass is 10.1. The van der Waals surface area contributed by atoms with Crippen LogP contribution in [0.15, 0.2) is 60.8 Å². The molecule has 31 heavy (non-hydrogen) atoms. The van der Waals surface area contributed by atoms with Crippen molar-refractivity contribution in [2.24, 2.45) is 0 Å². The van der Waals surface area contributed by atoms with E-state index in [1.54, 1.807) is 41.4 Å². The highest BCUT2D eigenvalue weighted by Crippen LogP contribution is 2.20. The number of aromatic nitrogens is 2. The van der Waals surface area contributed by atoms with Gasteiger partial charge >= 0.3 is 0 Å². The van der Waals surface area contributed by atoms with Gasteiger partial charge in [0.25, 0.3) is 5.91 Å².